The van der Waals surface area contributed by atoms with Gasteiger partial charge in [-0.3, -0.25) is 4.68 Å². The van der Waals surface area contributed by atoms with E-state index < -0.39 is 0 Å². The normalized spacial score (nSPS) is 15.2. The Morgan fingerprint density at radius 1 is 1.38 bits per heavy atom. The number of rotatable bonds is 0. The van der Waals surface area contributed by atoms with E-state index in [2.05, 4.69) is 50.6 Å². The molecule has 2 aromatic rings. The van der Waals surface area contributed by atoms with Crippen LogP contribution in [0.25, 0.3) is 10.9 Å². The summed E-state index contributed by atoms with van der Waals surface area (Å²) in [7, 11) is 0. The second kappa shape index (κ2) is 2.70. The third-order valence-electron chi connectivity index (χ3n) is 2.62. The molecule has 13 heavy (non-hydrogen) atoms. The van der Waals surface area contributed by atoms with Crippen molar-refractivity contribution in [3.8, 4) is 0 Å². The molecule has 1 aromatic heterocycles. The first-order valence-corrected chi connectivity index (χ1v) is 5.58. The Kier molecular flexibility index (Phi) is 1.62. The number of aryl methyl sites for hydroxylation is 2. The van der Waals surface area contributed by atoms with Crippen LogP contribution < -0.4 is 0 Å². The van der Waals surface area contributed by atoms with Crippen LogP contribution in [0.1, 0.15) is 12.0 Å². The number of halogens is 1. The van der Waals surface area contributed by atoms with E-state index in [1.54, 1.807) is 0 Å². The van der Waals surface area contributed by atoms with Crippen molar-refractivity contribution in [2.24, 2.45) is 0 Å². The summed E-state index contributed by atoms with van der Waals surface area (Å²) in [5, 5.41) is 5.84. The zero-order valence-electron chi connectivity index (χ0n) is 7.13. The molecule has 0 spiro atoms. The maximum absolute atomic E-state index is 4.52. The Bertz CT molecular complexity index is 473. The van der Waals surface area contributed by atoms with Gasteiger partial charge in [-0.1, -0.05) is 18.2 Å². The number of hydrogen-bond donors (Lipinski definition) is 0. The van der Waals surface area contributed by atoms with Crippen LogP contribution in [0.15, 0.2) is 18.2 Å². The van der Waals surface area contributed by atoms with E-state index in [4.69, 9.17) is 0 Å². The van der Waals surface area contributed by atoms with Gasteiger partial charge in [-0.2, -0.15) is 5.10 Å². The van der Waals surface area contributed by atoms with E-state index in [1.165, 1.54) is 29.3 Å². The van der Waals surface area contributed by atoms with Crippen molar-refractivity contribution in [1.29, 1.82) is 0 Å². The SMILES string of the molecule is Ic1nn2c3c(cccc13)CCC2. The van der Waals surface area contributed by atoms with E-state index in [1.807, 2.05) is 0 Å². The van der Waals surface area contributed by atoms with Gasteiger partial charge in [-0.05, 0) is 41.0 Å². The molecule has 0 amide bonds. The average molecular weight is 284 g/mol. The summed E-state index contributed by atoms with van der Waals surface area (Å²) in [5.74, 6) is 0. The number of benzene rings is 1. The second-order valence-corrected chi connectivity index (χ2v) is 4.45. The molecule has 0 N–H and O–H groups in total. The molecule has 3 rings (SSSR count). The standard InChI is InChI=1S/C10H9IN2/c11-10-8-5-1-3-7-4-2-6-13(12-10)9(7)8/h1,3,5H,2,4,6H2. The van der Waals surface area contributed by atoms with Crippen LogP contribution in [0.3, 0.4) is 0 Å². The molecule has 0 unspecified atom stereocenters. The minimum Gasteiger partial charge on any atom is -0.264 e. The lowest BCUT2D eigenvalue weighted by atomic mass is 10.0. The number of para-hydroxylation sites is 1. The molecule has 0 saturated heterocycles. The second-order valence-electron chi connectivity index (χ2n) is 3.43. The Morgan fingerprint density at radius 2 is 2.31 bits per heavy atom. The van der Waals surface area contributed by atoms with E-state index in [9.17, 15) is 0 Å². The lowest BCUT2D eigenvalue weighted by molar-refractivity contribution is 0.570. The first-order chi connectivity index (χ1) is 6.36. The van der Waals surface area contributed by atoms with Gasteiger partial charge in [0.05, 0.1) is 5.52 Å². The minimum absolute atomic E-state index is 1.08. The Labute approximate surface area is 90.1 Å². The molecule has 0 fully saturated rings. The minimum atomic E-state index is 1.08. The fourth-order valence-corrected chi connectivity index (χ4v) is 2.75. The van der Waals surface area contributed by atoms with Gasteiger partial charge in [0, 0.05) is 11.9 Å². The zero-order chi connectivity index (χ0) is 8.84. The van der Waals surface area contributed by atoms with Gasteiger partial charge in [-0.25, -0.2) is 0 Å². The fourth-order valence-electron chi connectivity index (χ4n) is 2.06. The molecule has 1 aliphatic heterocycles. The van der Waals surface area contributed by atoms with Crippen molar-refractivity contribution >= 4 is 33.5 Å². The lowest BCUT2D eigenvalue weighted by Crippen LogP contribution is -2.08. The van der Waals surface area contributed by atoms with Crippen molar-refractivity contribution in [3.63, 3.8) is 0 Å². The number of hydrogen-bond acceptors (Lipinski definition) is 1. The van der Waals surface area contributed by atoms with Crippen LogP contribution in [0.4, 0.5) is 0 Å². The predicted octanol–water partition coefficient (Wildman–Crippen LogP) is 2.59. The van der Waals surface area contributed by atoms with E-state index in [0.29, 0.717) is 0 Å². The summed E-state index contributed by atoms with van der Waals surface area (Å²) in [5.41, 5.74) is 2.82. The van der Waals surface area contributed by atoms with Crippen molar-refractivity contribution in [1.82, 2.24) is 9.78 Å². The highest BCUT2D eigenvalue weighted by molar-refractivity contribution is 14.1. The van der Waals surface area contributed by atoms with Crippen molar-refractivity contribution in [2.75, 3.05) is 0 Å². The largest absolute Gasteiger partial charge is 0.264 e. The molecule has 0 atom stereocenters. The predicted molar refractivity (Wildman–Crippen MR) is 60.8 cm³/mol. The van der Waals surface area contributed by atoms with E-state index >= 15 is 0 Å². The Balaban J connectivity index is 2.51. The van der Waals surface area contributed by atoms with Gasteiger partial charge in [0.15, 0.2) is 0 Å². The quantitative estimate of drug-likeness (QED) is 0.680. The monoisotopic (exact) mass is 284 g/mol. The summed E-state index contributed by atoms with van der Waals surface area (Å²) in [4.78, 5) is 0. The Morgan fingerprint density at radius 3 is 3.23 bits per heavy atom. The molecule has 0 aliphatic carbocycles. The summed E-state index contributed by atoms with van der Waals surface area (Å²) < 4.78 is 3.28. The first-order valence-electron chi connectivity index (χ1n) is 4.50. The molecule has 2 heterocycles. The number of nitrogens with zero attached hydrogens (tertiary/aromatic N) is 2. The maximum atomic E-state index is 4.52. The van der Waals surface area contributed by atoms with Crippen LogP contribution in [-0.4, -0.2) is 9.78 Å². The summed E-state index contributed by atoms with van der Waals surface area (Å²) in [6.45, 7) is 1.08. The van der Waals surface area contributed by atoms with Crippen molar-refractivity contribution in [3.05, 3.63) is 27.5 Å². The molecule has 66 valence electrons. The summed E-state index contributed by atoms with van der Waals surface area (Å²) >= 11 is 2.31. The van der Waals surface area contributed by atoms with Gasteiger partial charge < -0.3 is 0 Å². The van der Waals surface area contributed by atoms with Gasteiger partial charge in [-0.15, -0.1) is 0 Å². The maximum Gasteiger partial charge on any atom is 0.131 e. The fraction of sp³-hybridized carbons (Fsp3) is 0.300. The highest BCUT2D eigenvalue weighted by atomic mass is 127. The first kappa shape index (κ1) is 7.79. The van der Waals surface area contributed by atoms with Gasteiger partial charge in [0.25, 0.3) is 0 Å². The molecular formula is C10H9IN2. The third-order valence-corrected chi connectivity index (χ3v) is 3.42. The van der Waals surface area contributed by atoms with E-state index in [0.717, 1.165) is 10.2 Å². The molecule has 0 bridgehead atoms. The summed E-state index contributed by atoms with van der Waals surface area (Å²) in [6.07, 6.45) is 2.43. The lowest BCUT2D eigenvalue weighted by Gasteiger charge is -2.12. The highest BCUT2D eigenvalue weighted by Gasteiger charge is 2.15. The molecule has 2 nitrogen and oxygen atoms in total. The molecular weight excluding hydrogens is 275 g/mol. The zero-order valence-corrected chi connectivity index (χ0v) is 9.28. The molecule has 3 heteroatoms. The molecule has 0 saturated carbocycles. The van der Waals surface area contributed by atoms with Crippen LogP contribution >= 0.6 is 22.6 Å². The average Bonchev–Trinajstić information content (AvgIpc) is 2.47. The number of aromatic nitrogens is 2. The van der Waals surface area contributed by atoms with Crippen LogP contribution in [-0.2, 0) is 13.0 Å². The molecule has 0 radical (unpaired) electrons. The van der Waals surface area contributed by atoms with Crippen LogP contribution in [0.5, 0.6) is 0 Å². The van der Waals surface area contributed by atoms with Crippen molar-refractivity contribution in [2.45, 2.75) is 19.4 Å². The van der Waals surface area contributed by atoms with Gasteiger partial charge >= 0.3 is 0 Å². The van der Waals surface area contributed by atoms with Crippen LogP contribution in [0, 0.1) is 3.70 Å². The molecule has 1 aromatic carbocycles. The third kappa shape index (κ3) is 1.03. The van der Waals surface area contributed by atoms with Crippen LogP contribution in [0.2, 0.25) is 0 Å². The topological polar surface area (TPSA) is 17.8 Å². The Hall–Kier alpha value is -0.580. The van der Waals surface area contributed by atoms with Gasteiger partial charge in [0.1, 0.15) is 3.70 Å². The highest BCUT2D eigenvalue weighted by Crippen LogP contribution is 2.27. The molecule has 1 aliphatic rings. The van der Waals surface area contributed by atoms with Crippen molar-refractivity contribution < 1.29 is 0 Å². The smallest absolute Gasteiger partial charge is 0.131 e. The van der Waals surface area contributed by atoms with E-state index in [-0.39, 0.29) is 0 Å². The van der Waals surface area contributed by atoms with Gasteiger partial charge in [0.2, 0.25) is 0 Å². The summed E-state index contributed by atoms with van der Waals surface area (Å²) in [6, 6.07) is 6.52.